The molecule has 0 aliphatic carbocycles. The largest absolute Gasteiger partial charge is 0.326 e. The lowest BCUT2D eigenvalue weighted by Gasteiger charge is -2.30. The standard InChI is InChI=1S/C16H17FN2O2S/c17-14-5-8-16-13(10-14)2-1-9-19(16)22(20,21)15-6-3-12(11-18)4-7-15/h3-8,10H,1-2,9,11,18H2. The predicted octanol–water partition coefficient (Wildman–Crippen LogP) is 2.43. The first-order chi connectivity index (χ1) is 10.5. The second kappa shape index (κ2) is 5.70. The van der Waals surface area contributed by atoms with E-state index in [1.54, 1.807) is 24.3 Å². The lowest BCUT2D eigenvalue weighted by atomic mass is 10.0. The lowest BCUT2D eigenvalue weighted by Crippen LogP contribution is -2.35. The van der Waals surface area contributed by atoms with E-state index in [9.17, 15) is 12.8 Å². The summed E-state index contributed by atoms with van der Waals surface area (Å²) in [7, 11) is -3.64. The van der Waals surface area contributed by atoms with Gasteiger partial charge in [0.1, 0.15) is 5.82 Å². The topological polar surface area (TPSA) is 63.4 Å². The van der Waals surface area contributed by atoms with Crippen LogP contribution in [0, 0.1) is 5.82 Å². The molecular weight excluding hydrogens is 303 g/mol. The van der Waals surface area contributed by atoms with Crippen LogP contribution in [0.25, 0.3) is 0 Å². The second-order valence-corrected chi connectivity index (χ2v) is 7.16. The molecule has 0 unspecified atom stereocenters. The molecule has 2 N–H and O–H groups in total. The fourth-order valence-electron chi connectivity index (χ4n) is 2.71. The summed E-state index contributed by atoms with van der Waals surface area (Å²) in [6.45, 7) is 0.770. The Morgan fingerprint density at radius 1 is 1.14 bits per heavy atom. The average Bonchev–Trinajstić information content (AvgIpc) is 2.54. The van der Waals surface area contributed by atoms with E-state index in [-0.39, 0.29) is 10.7 Å². The van der Waals surface area contributed by atoms with E-state index < -0.39 is 10.0 Å². The van der Waals surface area contributed by atoms with Crippen molar-refractivity contribution in [1.82, 2.24) is 0 Å². The van der Waals surface area contributed by atoms with Crippen molar-refractivity contribution in [2.45, 2.75) is 24.3 Å². The number of fused-ring (bicyclic) bond motifs is 1. The van der Waals surface area contributed by atoms with Gasteiger partial charge in [-0.25, -0.2) is 12.8 Å². The van der Waals surface area contributed by atoms with Crippen LogP contribution in [0.5, 0.6) is 0 Å². The number of hydrogen-bond donors (Lipinski definition) is 1. The zero-order valence-corrected chi connectivity index (χ0v) is 12.8. The molecule has 1 aliphatic heterocycles. The highest BCUT2D eigenvalue weighted by atomic mass is 32.2. The summed E-state index contributed by atoms with van der Waals surface area (Å²) < 4.78 is 40.4. The van der Waals surface area contributed by atoms with E-state index in [1.807, 2.05) is 0 Å². The average molecular weight is 320 g/mol. The Bertz CT molecular complexity index is 788. The molecule has 116 valence electrons. The van der Waals surface area contributed by atoms with Crippen molar-refractivity contribution < 1.29 is 12.8 Å². The van der Waals surface area contributed by atoms with Crippen molar-refractivity contribution in [2.75, 3.05) is 10.8 Å². The molecule has 0 fully saturated rings. The Labute approximate surface area is 129 Å². The van der Waals surface area contributed by atoms with E-state index in [0.29, 0.717) is 31.6 Å². The van der Waals surface area contributed by atoms with E-state index in [1.165, 1.54) is 22.5 Å². The van der Waals surface area contributed by atoms with E-state index in [2.05, 4.69) is 0 Å². The van der Waals surface area contributed by atoms with Crippen molar-refractivity contribution in [3.05, 3.63) is 59.4 Å². The minimum Gasteiger partial charge on any atom is -0.326 e. The SMILES string of the molecule is NCc1ccc(S(=O)(=O)N2CCCc3cc(F)ccc32)cc1. The molecule has 3 rings (SSSR count). The third-order valence-electron chi connectivity index (χ3n) is 3.86. The maximum absolute atomic E-state index is 13.3. The van der Waals surface area contributed by atoms with Gasteiger partial charge >= 0.3 is 0 Å². The summed E-state index contributed by atoms with van der Waals surface area (Å²) in [5.74, 6) is -0.342. The quantitative estimate of drug-likeness (QED) is 0.944. The van der Waals surface area contributed by atoms with Gasteiger partial charge in [-0.15, -0.1) is 0 Å². The van der Waals surface area contributed by atoms with E-state index >= 15 is 0 Å². The Morgan fingerprint density at radius 2 is 1.86 bits per heavy atom. The Kier molecular flexibility index (Phi) is 3.88. The fraction of sp³-hybridized carbons (Fsp3) is 0.250. The molecule has 0 amide bonds. The number of rotatable bonds is 3. The number of halogens is 1. The molecule has 0 atom stereocenters. The molecule has 2 aromatic rings. The normalized spacial score (nSPS) is 14.7. The summed E-state index contributed by atoms with van der Waals surface area (Å²) in [5, 5.41) is 0. The number of sulfonamides is 1. The molecule has 4 nitrogen and oxygen atoms in total. The molecule has 0 spiro atoms. The Hall–Kier alpha value is -1.92. The number of benzene rings is 2. The number of nitrogens with zero attached hydrogens (tertiary/aromatic N) is 1. The number of aryl methyl sites for hydroxylation is 1. The van der Waals surface area contributed by atoms with Crippen LogP contribution in [-0.4, -0.2) is 15.0 Å². The van der Waals surface area contributed by atoms with Crippen molar-refractivity contribution in [2.24, 2.45) is 5.73 Å². The molecule has 0 radical (unpaired) electrons. The van der Waals surface area contributed by atoms with Gasteiger partial charge in [-0.05, 0) is 54.3 Å². The van der Waals surface area contributed by atoms with Gasteiger partial charge in [-0.2, -0.15) is 0 Å². The molecule has 0 bridgehead atoms. The number of hydrogen-bond acceptors (Lipinski definition) is 3. The van der Waals surface area contributed by atoms with Crippen molar-refractivity contribution >= 4 is 15.7 Å². The van der Waals surface area contributed by atoms with Gasteiger partial charge in [0.15, 0.2) is 0 Å². The molecule has 1 aliphatic rings. The molecule has 2 aromatic carbocycles. The highest BCUT2D eigenvalue weighted by molar-refractivity contribution is 7.92. The van der Waals surface area contributed by atoms with Crippen LogP contribution in [0.3, 0.4) is 0 Å². The van der Waals surface area contributed by atoms with Crippen LogP contribution >= 0.6 is 0 Å². The van der Waals surface area contributed by atoms with Gasteiger partial charge in [-0.3, -0.25) is 4.31 Å². The summed E-state index contributed by atoms with van der Waals surface area (Å²) >= 11 is 0. The van der Waals surface area contributed by atoms with Gasteiger partial charge in [-0.1, -0.05) is 12.1 Å². The fourth-order valence-corrected chi connectivity index (χ4v) is 4.25. The molecule has 0 saturated heterocycles. The minimum absolute atomic E-state index is 0.224. The maximum atomic E-state index is 13.3. The Morgan fingerprint density at radius 3 is 2.55 bits per heavy atom. The van der Waals surface area contributed by atoms with Gasteiger partial charge in [0.2, 0.25) is 0 Å². The first kappa shape index (κ1) is 15.0. The molecular formula is C16H17FN2O2S. The smallest absolute Gasteiger partial charge is 0.264 e. The first-order valence-corrected chi connectivity index (χ1v) is 8.56. The van der Waals surface area contributed by atoms with Crippen LogP contribution in [0.2, 0.25) is 0 Å². The highest BCUT2D eigenvalue weighted by Crippen LogP contribution is 2.32. The maximum Gasteiger partial charge on any atom is 0.264 e. The van der Waals surface area contributed by atoms with Gasteiger partial charge in [0.05, 0.1) is 10.6 Å². The van der Waals surface area contributed by atoms with Gasteiger partial charge in [0, 0.05) is 13.1 Å². The molecule has 6 heteroatoms. The minimum atomic E-state index is -3.64. The van der Waals surface area contributed by atoms with Gasteiger partial charge < -0.3 is 5.73 Å². The second-order valence-electron chi connectivity index (χ2n) is 5.30. The van der Waals surface area contributed by atoms with Crippen LogP contribution in [0.15, 0.2) is 47.4 Å². The van der Waals surface area contributed by atoms with E-state index in [4.69, 9.17) is 5.73 Å². The molecule has 0 aromatic heterocycles. The van der Waals surface area contributed by atoms with Crippen LogP contribution in [0.1, 0.15) is 17.5 Å². The zero-order valence-electron chi connectivity index (χ0n) is 12.0. The van der Waals surface area contributed by atoms with Gasteiger partial charge in [0.25, 0.3) is 10.0 Å². The summed E-state index contributed by atoms with van der Waals surface area (Å²) in [6, 6.07) is 10.8. The molecule has 1 heterocycles. The van der Waals surface area contributed by atoms with Crippen LogP contribution < -0.4 is 10.0 Å². The summed E-state index contributed by atoms with van der Waals surface area (Å²) in [6.07, 6.45) is 1.36. The van der Waals surface area contributed by atoms with Crippen LogP contribution in [-0.2, 0) is 23.0 Å². The third kappa shape index (κ3) is 2.60. The predicted molar refractivity (Wildman–Crippen MR) is 83.6 cm³/mol. The van der Waals surface area contributed by atoms with Crippen molar-refractivity contribution in [3.8, 4) is 0 Å². The first-order valence-electron chi connectivity index (χ1n) is 7.12. The monoisotopic (exact) mass is 320 g/mol. The molecule has 22 heavy (non-hydrogen) atoms. The molecule has 0 saturated carbocycles. The number of anilines is 1. The number of nitrogens with two attached hydrogens (primary N) is 1. The Balaban J connectivity index is 2.03. The summed E-state index contributed by atoms with van der Waals surface area (Å²) in [5.41, 5.74) is 7.70. The lowest BCUT2D eigenvalue weighted by molar-refractivity contribution is 0.585. The highest BCUT2D eigenvalue weighted by Gasteiger charge is 2.29. The summed E-state index contributed by atoms with van der Waals surface area (Å²) in [4.78, 5) is 0.224. The van der Waals surface area contributed by atoms with E-state index in [0.717, 1.165) is 11.1 Å². The van der Waals surface area contributed by atoms with Crippen molar-refractivity contribution in [3.63, 3.8) is 0 Å². The zero-order chi connectivity index (χ0) is 15.7. The van der Waals surface area contributed by atoms with Crippen molar-refractivity contribution in [1.29, 1.82) is 0 Å². The van der Waals surface area contributed by atoms with Crippen LogP contribution in [0.4, 0.5) is 10.1 Å². The third-order valence-corrected chi connectivity index (χ3v) is 5.69.